The molecule has 1 atom stereocenters. The molecule has 1 aromatic heterocycles. The fourth-order valence-corrected chi connectivity index (χ4v) is 4.06. The maximum absolute atomic E-state index is 9.53. The van der Waals surface area contributed by atoms with Crippen LogP contribution in [0.1, 0.15) is 43.9 Å². The molecule has 0 unspecified atom stereocenters. The van der Waals surface area contributed by atoms with Crippen LogP contribution in [0, 0.1) is 0 Å². The van der Waals surface area contributed by atoms with Crippen molar-refractivity contribution in [3.05, 3.63) is 59.8 Å². The standard InChI is InChI=1S/C23H28N2O/c1-16(2)17-5-3-6-18(11-17)19-8-9-23-20(12-19)13-21(24-23)14-25-10-4-7-22(25)15-26/h3,5-6,8-9,11-13,16,22,24,26H,4,7,10,14-15H2,1-2H3/t22-/m1/s1. The van der Waals surface area contributed by atoms with E-state index in [1.807, 2.05) is 0 Å². The second-order valence-electron chi connectivity index (χ2n) is 7.83. The summed E-state index contributed by atoms with van der Waals surface area (Å²) >= 11 is 0. The molecule has 3 heteroatoms. The molecule has 0 spiro atoms. The first-order valence-electron chi connectivity index (χ1n) is 9.71. The van der Waals surface area contributed by atoms with Gasteiger partial charge in [-0.1, -0.05) is 44.2 Å². The van der Waals surface area contributed by atoms with Gasteiger partial charge in [-0.05, 0) is 60.2 Å². The van der Waals surface area contributed by atoms with Crippen molar-refractivity contribution in [3.8, 4) is 11.1 Å². The lowest BCUT2D eigenvalue weighted by Crippen LogP contribution is -2.31. The highest BCUT2D eigenvalue weighted by molar-refractivity contribution is 5.86. The maximum Gasteiger partial charge on any atom is 0.0587 e. The van der Waals surface area contributed by atoms with Gasteiger partial charge in [-0.25, -0.2) is 0 Å². The van der Waals surface area contributed by atoms with Crippen molar-refractivity contribution in [2.75, 3.05) is 13.2 Å². The van der Waals surface area contributed by atoms with Gasteiger partial charge in [-0.3, -0.25) is 4.90 Å². The van der Waals surface area contributed by atoms with Gasteiger partial charge in [0.2, 0.25) is 0 Å². The van der Waals surface area contributed by atoms with E-state index in [-0.39, 0.29) is 6.61 Å². The summed E-state index contributed by atoms with van der Waals surface area (Å²) in [5.41, 5.74) is 6.33. The van der Waals surface area contributed by atoms with Gasteiger partial charge in [0.25, 0.3) is 0 Å². The third-order valence-corrected chi connectivity index (χ3v) is 5.65. The summed E-state index contributed by atoms with van der Waals surface area (Å²) in [4.78, 5) is 5.94. The molecule has 0 amide bonds. The van der Waals surface area contributed by atoms with Gasteiger partial charge in [0.15, 0.2) is 0 Å². The largest absolute Gasteiger partial charge is 0.395 e. The molecule has 1 saturated heterocycles. The number of aliphatic hydroxyl groups is 1. The zero-order chi connectivity index (χ0) is 18.1. The first-order chi connectivity index (χ1) is 12.6. The van der Waals surface area contributed by atoms with Crippen LogP contribution in [-0.2, 0) is 6.54 Å². The topological polar surface area (TPSA) is 39.3 Å². The summed E-state index contributed by atoms with van der Waals surface area (Å²) in [6, 6.07) is 18.1. The van der Waals surface area contributed by atoms with Crippen LogP contribution in [0.15, 0.2) is 48.5 Å². The van der Waals surface area contributed by atoms with E-state index < -0.39 is 0 Å². The van der Waals surface area contributed by atoms with Gasteiger partial charge >= 0.3 is 0 Å². The molecule has 0 radical (unpaired) electrons. The molecule has 0 bridgehead atoms. The molecule has 2 N–H and O–H groups in total. The molecule has 1 aliphatic heterocycles. The van der Waals surface area contributed by atoms with Gasteiger partial charge in [-0.2, -0.15) is 0 Å². The summed E-state index contributed by atoms with van der Waals surface area (Å²) in [5.74, 6) is 0.539. The Bertz CT molecular complexity index is 896. The number of rotatable bonds is 5. The highest BCUT2D eigenvalue weighted by atomic mass is 16.3. The number of likely N-dealkylation sites (tertiary alicyclic amines) is 1. The van der Waals surface area contributed by atoms with E-state index in [9.17, 15) is 5.11 Å². The van der Waals surface area contributed by atoms with Crippen LogP contribution in [-0.4, -0.2) is 34.2 Å². The molecular weight excluding hydrogens is 320 g/mol. The second-order valence-corrected chi connectivity index (χ2v) is 7.83. The van der Waals surface area contributed by atoms with Crippen molar-refractivity contribution >= 4 is 10.9 Å². The fourth-order valence-electron chi connectivity index (χ4n) is 4.06. The fraction of sp³-hybridized carbons (Fsp3) is 0.391. The lowest BCUT2D eigenvalue weighted by Gasteiger charge is -2.21. The SMILES string of the molecule is CC(C)c1cccc(-c2ccc3[nH]c(CN4CCC[C@@H]4CO)cc3c2)c1. The number of nitrogens with zero attached hydrogens (tertiary/aromatic N) is 1. The predicted octanol–water partition coefficient (Wildman–Crippen LogP) is 4.92. The molecule has 136 valence electrons. The highest BCUT2D eigenvalue weighted by Gasteiger charge is 2.23. The van der Waals surface area contributed by atoms with E-state index in [4.69, 9.17) is 0 Å². The average molecular weight is 348 g/mol. The number of aromatic amines is 1. The molecule has 3 aromatic rings. The molecular formula is C23H28N2O. The average Bonchev–Trinajstić information content (AvgIpc) is 3.27. The minimum absolute atomic E-state index is 0.260. The number of H-pyrrole nitrogens is 1. The first-order valence-corrected chi connectivity index (χ1v) is 9.71. The molecule has 0 saturated carbocycles. The Balaban J connectivity index is 1.61. The summed E-state index contributed by atoms with van der Waals surface area (Å²) in [6.07, 6.45) is 2.29. The number of aromatic nitrogens is 1. The van der Waals surface area contributed by atoms with Crippen molar-refractivity contribution in [1.29, 1.82) is 0 Å². The van der Waals surface area contributed by atoms with Crippen molar-refractivity contribution < 1.29 is 5.11 Å². The van der Waals surface area contributed by atoms with Crippen LogP contribution in [0.25, 0.3) is 22.0 Å². The van der Waals surface area contributed by atoms with Crippen LogP contribution in [0.4, 0.5) is 0 Å². The quantitative estimate of drug-likeness (QED) is 0.687. The van der Waals surface area contributed by atoms with Crippen molar-refractivity contribution in [2.45, 2.75) is 45.2 Å². The van der Waals surface area contributed by atoms with Crippen molar-refractivity contribution in [3.63, 3.8) is 0 Å². The van der Waals surface area contributed by atoms with Gasteiger partial charge in [0.1, 0.15) is 0 Å². The zero-order valence-corrected chi connectivity index (χ0v) is 15.7. The molecule has 2 aromatic carbocycles. The third kappa shape index (κ3) is 3.42. The van der Waals surface area contributed by atoms with Gasteiger partial charge in [-0.15, -0.1) is 0 Å². The highest BCUT2D eigenvalue weighted by Crippen LogP contribution is 2.28. The normalized spacial score (nSPS) is 18.2. The Kier molecular flexibility index (Phi) is 4.84. The first kappa shape index (κ1) is 17.3. The number of nitrogens with one attached hydrogen (secondary N) is 1. The third-order valence-electron chi connectivity index (χ3n) is 5.65. The van der Waals surface area contributed by atoms with Crippen LogP contribution < -0.4 is 0 Å². The van der Waals surface area contributed by atoms with Gasteiger partial charge < -0.3 is 10.1 Å². The summed E-state index contributed by atoms with van der Waals surface area (Å²) in [6.45, 7) is 6.69. The summed E-state index contributed by atoms with van der Waals surface area (Å²) in [7, 11) is 0. The molecule has 0 aliphatic carbocycles. The molecule has 4 rings (SSSR count). The van der Waals surface area contributed by atoms with Crippen LogP contribution in [0.5, 0.6) is 0 Å². The number of hydrogen-bond donors (Lipinski definition) is 2. The zero-order valence-electron chi connectivity index (χ0n) is 15.7. The van der Waals surface area contributed by atoms with E-state index in [1.54, 1.807) is 0 Å². The van der Waals surface area contributed by atoms with Gasteiger partial charge in [0.05, 0.1) is 6.61 Å². The molecule has 1 fully saturated rings. The summed E-state index contributed by atoms with van der Waals surface area (Å²) in [5, 5.41) is 10.8. The Morgan fingerprint density at radius 1 is 1.12 bits per heavy atom. The van der Waals surface area contributed by atoms with E-state index in [2.05, 4.69) is 72.3 Å². The van der Waals surface area contributed by atoms with E-state index in [0.717, 1.165) is 19.5 Å². The van der Waals surface area contributed by atoms with Crippen LogP contribution in [0.3, 0.4) is 0 Å². The van der Waals surface area contributed by atoms with E-state index in [0.29, 0.717) is 12.0 Å². The number of hydrogen-bond acceptors (Lipinski definition) is 2. The smallest absolute Gasteiger partial charge is 0.0587 e. The lowest BCUT2D eigenvalue weighted by molar-refractivity contribution is 0.152. The second kappa shape index (κ2) is 7.26. The maximum atomic E-state index is 9.53. The van der Waals surface area contributed by atoms with Crippen LogP contribution in [0.2, 0.25) is 0 Å². The Morgan fingerprint density at radius 2 is 1.96 bits per heavy atom. The Morgan fingerprint density at radius 3 is 2.77 bits per heavy atom. The predicted molar refractivity (Wildman–Crippen MR) is 108 cm³/mol. The molecule has 3 nitrogen and oxygen atoms in total. The number of fused-ring (bicyclic) bond motifs is 1. The van der Waals surface area contributed by atoms with Crippen LogP contribution >= 0.6 is 0 Å². The van der Waals surface area contributed by atoms with E-state index >= 15 is 0 Å². The Labute approximate surface area is 155 Å². The molecule has 2 heterocycles. The minimum Gasteiger partial charge on any atom is -0.395 e. The van der Waals surface area contributed by atoms with Crippen molar-refractivity contribution in [2.24, 2.45) is 0 Å². The summed E-state index contributed by atoms with van der Waals surface area (Å²) < 4.78 is 0. The van der Waals surface area contributed by atoms with E-state index in [1.165, 1.54) is 39.7 Å². The van der Waals surface area contributed by atoms with Crippen molar-refractivity contribution in [1.82, 2.24) is 9.88 Å². The minimum atomic E-state index is 0.260. The number of benzene rings is 2. The Hall–Kier alpha value is -2.10. The molecule has 26 heavy (non-hydrogen) atoms. The monoisotopic (exact) mass is 348 g/mol. The number of aliphatic hydroxyl groups excluding tert-OH is 1. The molecule has 1 aliphatic rings. The van der Waals surface area contributed by atoms with Gasteiger partial charge in [0, 0.05) is 29.2 Å². The lowest BCUT2D eigenvalue weighted by atomic mass is 9.97.